The Kier molecular flexibility index (Phi) is 5.55. The van der Waals surface area contributed by atoms with Crippen LogP contribution in [0.1, 0.15) is 24.3 Å². The number of halogens is 1. The van der Waals surface area contributed by atoms with Crippen LogP contribution in [-0.4, -0.2) is 12.3 Å². The first kappa shape index (κ1) is 14.7. The van der Waals surface area contributed by atoms with Gasteiger partial charge in [0.05, 0.1) is 16.8 Å². The Hall–Kier alpha value is -0.710. The van der Waals surface area contributed by atoms with Crippen molar-refractivity contribution in [3.63, 3.8) is 0 Å². The fourth-order valence-corrected chi connectivity index (χ4v) is 3.48. The Morgan fingerprint density at radius 2 is 2.11 bits per heavy atom. The van der Waals surface area contributed by atoms with Gasteiger partial charge < -0.3 is 9.73 Å². The molecule has 19 heavy (non-hydrogen) atoms. The Labute approximate surface area is 127 Å². The molecule has 1 atom stereocenters. The van der Waals surface area contributed by atoms with E-state index < -0.39 is 0 Å². The molecule has 1 heterocycles. The van der Waals surface area contributed by atoms with Crippen LogP contribution in [0.2, 0.25) is 0 Å². The van der Waals surface area contributed by atoms with Crippen LogP contribution in [0.5, 0.6) is 0 Å². The zero-order chi connectivity index (χ0) is 13.7. The van der Waals surface area contributed by atoms with Crippen molar-refractivity contribution in [3.05, 3.63) is 52.4 Å². The van der Waals surface area contributed by atoms with Crippen molar-refractivity contribution < 1.29 is 4.42 Å². The van der Waals surface area contributed by atoms with Crippen LogP contribution in [0, 0.1) is 6.92 Å². The molecule has 2 nitrogen and oxygen atoms in total. The predicted octanol–water partition coefficient (Wildman–Crippen LogP) is 4.79. The quantitative estimate of drug-likeness (QED) is 0.765. The first-order valence-corrected chi connectivity index (χ1v) is 8.15. The summed E-state index contributed by atoms with van der Waals surface area (Å²) in [6, 6.07) is 10.6. The van der Waals surface area contributed by atoms with Gasteiger partial charge in [-0.05, 0) is 47.1 Å². The van der Waals surface area contributed by atoms with Gasteiger partial charge in [0.15, 0.2) is 0 Å². The van der Waals surface area contributed by atoms with E-state index in [1.165, 1.54) is 10.5 Å². The van der Waals surface area contributed by atoms with Crippen molar-refractivity contribution in [2.75, 3.05) is 12.3 Å². The molecule has 0 amide bonds. The van der Waals surface area contributed by atoms with Gasteiger partial charge in [0.1, 0.15) is 5.76 Å². The van der Waals surface area contributed by atoms with Crippen molar-refractivity contribution in [2.24, 2.45) is 0 Å². The summed E-state index contributed by atoms with van der Waals surface area (Å²) >= 11 is 5.39. The van der Waals surface area contributed by atoms with Gasteiger partial charge in [0.25, 0.3) is 0 Å². The SMILES string of the molecule is CCNC(CSc1ccccc1C)c1occc1Br. The molecule has 0 spiro atoms. The van der Waals surface area contributed by atoms with Gasteiger partial charge in [-0.1, -0.05) is 25.1 Å². The van der Waals surface area contributed by atoms with Gasteiger partial charge in [-0.2, -0.15) is 0 Å². The highest BCUT2D eigenvalue weighted by atomic mass is 79.9. The lowest BCUT2D eigenvalue weighted by atomic mass is 10.2. The number of nitrogens with one attached hydrogen (secondary N) is 1. The van der Waals surface area contributed by atoms with Gasteiger partial charge in [-0.25, -0.2) is 0 Å². The number of hydrogen-bond donors (Lipinski definition) is 1. The third-order valence-corrected chi connectivity index (χ3v) is 4.84. The highest BCUT2D eigenvalue weighted by molar-refractivity contribution is 9.10. The second-order valence-corrected chi connectivity index (χ2v) is 6.24. The van der Waals surface area contributed by atoms with E-state index in [0.29, 0.717) is 0 Å². The van der Waals surface area contributed by atoms with Crippen LogP contribution in [0.4, 0.5) is 0 Å². The first-order valence-electron chi connectivity index (χ1n) is 6.37. The summed E-state index contributed by atoms with van der Waals surface area (Å²) in [5.74, 6) is 1.92. The summed E-state index contributed by atoms with van der Waals surface area (Å²) in [6.07, 6.45) is 1.72. The van der Waals surface area contributed by atoms with E-state index in [9.17, 15) is 0 Å². The monoisotopic (exact) mass is 339 g/mol. The summed E-state index contributed by atoms with van der Waals surface area (Å²) in [5, 5.41) is 3.47. The Morgan fingerprint density at radius 1 is 1.32 bits per heavy atom. The van der Waals surface area contributed by atoms with Gasteiger partial charge in [0, 0.05) is 10.6 Å². The van der Waals surface area contributed by atoms with Gasteiger partial charge in [-0.3, -0.25) is 0 Å². The zero-order valence-electron chi connectivity index (χ0n) is 11.2. The van der Waals surface area contributed by atoms with Crippen molar-refractivity contribution in [2.45, 2.75) is 24.8 Å². The van der Waals surface area contributed by atoms with Gasteiger partial charge >= 0.3 is 0 Å². The second-order valence-electron chi connectivity index (χ2n) is 4.32. The fourth-order valence-electron chi connectivity index (χ4n) is 1.92. The van der Waals surface area contributed by atoms with Gasteiger partial charge in [-0.15, -0.1) is 11.8 Å². The summed E-state index contributed by atoms with van der Waals surface area (Å²) < 4.78 is 6.61. The molecular weight excluding hydrogens is 322 g/mol. The minimum Gasteiger partial charge on any atom is -0.466 e. The van der Waals surface area contributed by atoms with E-state index in [1.54, 1.807) is 6.26 Å². The number of rotatable bonds is 6. The topological polar surface area (TPSA) is 25.2 Å². The predicted molar refractivity (Wildman–Crippen MR) is 84.7 cm³/mol. The van der Waals surface area contributed by atoms with Crippen molar-refractivity contribution >= 4 is 27.7 Å². The number of aryl methyl sites for hydroxylation is 1. The third-order valence-electron chi connectivity index (χ3n) is 2.91. The van der Waals surface area contributed by atoms with Crippen molar-refractivity contribution in [1.82, 2.24) is 5.32 Å². The Bertz CT molecular complexity index is 526. The third kappa shape index (κ3) is 3.88. The molecule has 1 aromatic heterocycles. The van der Waals surface area contributed by atoms with E-state index in [2.05, 4.69) is 59.4 Å². The lowest BCUT2D eigenvalue weighted by Crippen LogP contribution is -2.22. The molecule has 0 aliphatic rings. The maximum absolute atomic E-state index is 5.57. The average Bonchev–Trinajstić information content (AvgIpc) is 2.82. The normalized spacial score (nSPS) is 12.6. The molecule has 0 bridgehead atoms. The zero-order valence-corrected chi connectivity index (χ0v) is 13.6. The maximum atomic E-state index is 5.57. The molecule has 0 fully saturated rings. The molecule has 0 radical (unpaired) electrons. The summed E-state index contributed by atoms with van der Waals surface area (Å²) in [7, 11) is 0. The van der Waals surface area contributed by atoms with Crippen LogP contribution in [0.25, 0.3) is 0 Å². The molecule has 1 N–H and O–H groups in total. The molecule has 102 valence electrons. The standard InChI is InChI=1S/C15H18BrNOS/c1-3-17-13(15-12(16)8-9-18-15)10-19-14-7-5-4-6-11(14)2/h4-9,13,17H,3,10H2,1-2H3. The fraction of sp³-hybridized carbons (Fsp3) is 0.333. The summed E-state index contributed by atoms with van der Waals surface area (Å²) in [4.78, 5) is 1.33. The highest BCUT2D eigenvalue weighted by Crippen LogP contribution is 2.30. The van der Waals surface area contributed by atoms with Crippen molar-refractivity contribution in [1.29, 1.82) is 0 Å². The van der Waals surface area contributed by atoms with E-state index >= 15 is 0 Å². The van der Waals surface area contributed by atoms with E-state index in [4.69, 9.17) is 4.42 Å². The van der Waals surface area contributed by atoms with Crippen LogP contribution in [0.15, 0.2) is 50.4 Å². The van der Waals surface area contributed by atoms with Crippen LogP contribution in [-0.2, 0) is 0 Å². The largest absolute Gasteiger partial charge is 0.466 e. The van der Waals surface area contributed by atoms with Gasteiger partial charge in [0.2, 0.25) is 0 Å². The van der Waals surface area contributed by atoms with E-state index in [1.807, 2.05) is 17.8 Å². The van der Waals surface area contributed by atoms with E-state index in [-0.39, 0.29) is 6.04 Å². The molecule has 4 heteroatoms. The molecule has 0 saturated carbocycles. The number of hydrogen-bond acceptors (Lipinski definition) is 3. The smallest absolute Gasteiger partial charge is 0.135 e. The summed E-state index contributed by atoms with van der Waals surface area (Å²) in [6.45, 7) is 5.18. The lowest BCUT2D eigenvalue weighted by molar-refractivity contribution is 0.438. The van der Waals surface area contributed by atoms with Crippen LogP contribution >= 0.6 is 27.7 Å². The Balaban J connectivity index is 2.06. The molecule has 2 aromatic rings. The first-order chi connectivity index (χ1) is 9.22. The lowest BCUT2D eigenvalue weighted by Gasteiger charge is -2.16. The molecule has 1 aromatic carbocycles. The molecular formula is C15H18BrNOS. The summed E-state index contributed by atoms with van der Waals surface area (Å²) in [5.41, 5.74) is 1.32. The molecule has 1 unspecified atom stereocenters. The van der Waals surface area contributed by atoms with Crippen LogP contribution in [0.3, 0.4) is 0 Å². The maximum Gasteiger partial charge on any atom is 0.135 e. The van der Waals surface area contributed by atoms with Crippen molar-refractivity contribution in [3.8, 4) is 0 Å². The Morgan fingerprint density at radius 3 is 2.74 bits per heavy atom. The number of thioether (sulfide) groups is 1. The second kappa shape index (κ2) is 7.17. The highest BCUT2D eigenvalue weighted by Gasteiger charge is 2.17. The van der Waals surface area contributed by atoms with Crippen LogP contribution < -0.4 is 5.32 Å². The molecule has 0 aliphatic heterocycles. The molecule has 0 aliphatic carbocycles. The average molecular weight is 340 g/mol. The number of benzene rings is 1. The molecule has 0 saturated heterocycles. The molecule has 2 rings (SSSR count). The van der Waals surface area contributed by atoms with E-state index in [0.717, 1.165) is 22.5 Å². The number of furan rings is 1. The minimum atomic E-state index is 0.221. The minimum absolute atomic E-state index is 0.221.